The molecule has 0 unspecified atom stereocenters. The van der Waals surface area contributed by atoms with Gasteiger partial charge in [0.2, 0.25) is 0 Å². The van der Waals surface area contributed by atoms with Crippen LogP contribution in [0.3, 0.4) is 0 Å². The highest BCUT2D eigenvalue weighted by molar-refractivity contribution is 9.10. The molecule has 0 atom stereocenters. The molecule has 1 aromatic heterocycles. The first-order valence-electron chi connectivity index (χ1n) is 5.28. The van der Waals surface area contributed by atoms with Gasteiger partial charge in [-0.15, -0.1) is 0 Å². The van der Waals surface area contributed by atoms with E-state index in [4.69, 9.17) is 5.73 Å². The fourth-order valence-electron chi connectivity index (χ4n) is 1.63. The van der Waals surface area contributed by atoms with Crippen LogP contribution >= 0.6 is 15.9 Å². The fraction of sp³-hybridized carbons (Fsp3) is 0.154. The molecule has 0 aliphatic carbocycles. The van der Waals surface area contributed by atoms with Crippen molar-refractivity contribution in [2.24, 2.45) is 0 Å². The SMILES string of the molecule is Cc1c(Br)cn(Cc2ccccc2)c(=O)c1N. The quantitative estimate of drug-likeness (QED) is 0.925. The minimum absolute atomic E-state index is 0.144. The average molecular weight is 293 g/mol. The Bertz CT molecular complexity index is 590. The lowest BCUT2D eigenvalue weighted by atomic mass is 10.2. The molecule has 2 rings (SSSR count). The number of halogens is 1. The maximum atomic E-state index is 12.0. The molecule has 1 heterocycles. The molecule has 0 fully saturated rings. The molecule has 0 aliphatic heterocycles. The van der Waals surface area contributed by atoms with Gasteiger partial charge in [-0.1, -0.05) is 30.3 Å². The summed E-state index contributed by atoms with van der Waals surface area (Å²) >= 11 is 3.40. The highest BCUT2D eigenvalue weighted by atomic mass is 79.9. The predicted molar refractivity (Wildman–Crippen MR) is 73.1 cm³/mol. The number of pyridine rings is 1. The van der Waals surface area contributed by atoms with Crippen LogP contribution < -0.4 is 11.3 Å². The van der Waals surface area contributed by atoms with Crippen LogP contribution in [0, 0.1) is 6.92 Å². The van der Waals surface area contributed by atoms with Crippen molar-refractivity contribution in [2.75, 3.05) is 5.73 Å². The first-order valence-corrected chi connectivity index (χ1v) is 6.08. The van der Waals surface area contributed by atoms with E-state index in [0.717, 1.165) is 15.6 Å². The monoisotopic (exact) mass is 292 g/mol. The number of rotatable bonds is 2. The third-order valence-corrected chi connectivity index (χ3v) is 3.52. The van der Waals surface area contributed by atoms with Crippen molar-refractivity contribution in [1.29, 1.82) is 0 Å². The summed E-state index contributed by atoms with van der Waals surface area (Å²) in [6, 6.07) is 9.82. The van der Waals surface area contributed by atoms with Crippen LogP contribution in [-0.2, 0) is 6.54 Å². The van der Waals surface area contributed by atoms with E-state index in [1.807, 2.05) is 37.3 Å². The zero-order valence-corrected chi connectivity index (χ0v) is 11.1. The first kappa shape index (κ1) is 11.9. The van der Waals surface area contributed by atoms with Crippen molar-refractivity contribution in [3.63, 3.8) is 0 Å². The van der Waals surface area contributed by atoms with Gasteiger partial charge in [-0.25, -0.2) is 0 Å². The summed E-state index contributed by atoms with van der Waals surface area (Å²) in [6.07, 6.45) is 1.78. The standard InChI is InChI=1S/C13H13BrN2O/c1-9-11(14)8-16(13(17)12(9)15)7-10-5-3-2-4-6-10/h2-6,8H,7,15H2,1H3. The number of hydrogen-bond donors (Lipinski definition) is 1. The van der Waals surface area contributed by atoms with Gasteiger partial charge in [0.05, 0.1) is 6.54 Å². The average Bonchev–Trinajstić information content (AvgIpc) is 2.35. The molecule has 1 aromatic carbocycles. The third kappa shape index (κ3) is 2.42. The molecule has 0 saturated heterocycles. The first-order chi connectivity index (χ1) is 8.09. The lowest BCUT2D eigenvalue weighted by molar-refractivity contribution is 0.756. The Hall–Kier alpha value is -1.55. The molecular weight excluding hydrogens is 280 g/mol. The van der Waals surface area contributed by atoms with Crippen LogP contribution in [0.4, 0.5) is 5.69 Å². The minimum Gasteiger partial charge on any atom is -0.394 e. The molecule has 2 N–H and O–H groups in total. The molecule has 88 valence electrons. The number of benzene rings is 1. The zero-order valence-electron chi connectivity index (χ0n) is 9.48. The molecule has 0 bridgehead atoms. The van der Waals surface area contributed by atoms with E-state index >= 15 is 0 Å². The Labute approximate surface area is 108 Å². The maximum Gasteiger partial charge on any atom is 0.274 e. The summed E-state index contributed by atoms with van der Waals surface area (Å²) in [5.41, 5.74) is 7.80. The van der Waals surface area contributed by atoms with Gasteiger partial charge in [-0.3, -0.25) is 4.79 Å². The lowest BCUT2D eigenvalue weighted by Crippen LogP contribution is -2.24. The van der Waals surface area contributed by atoms with E-state index in [1.54, 1.807) is 10.8 Å². The summed E-state index contributed by atoms with van der Waals surface area (Å²) < 4.78 is 2.47. The Morgan fingerprint density at radius 1 is 1.29 bits per heavy atom. The number of anilines is 1. The molecule has 0 amide bonds. The second-order valence-corrected chi connectivity index (χ2v) is 4.79. The molecule has 3 nitrogen and oxygen atoms in total. The van der Waals surface area contributed by atoms with E-state index in [2.05, 4.69) is 15.9 Å². The molecule has 17 heavy (non-hydrogen) atoms. The molecule has 0 saturated carbocycles. The normalized spacial score (nSPS) is 10.5. The summed E-state index contributed by atoms with van der Waals surface area (Å²) in [5, 5.41) is 0. The van der Waals surface area contributed by atoms with Crippen LogP contribution in [-0.4, -0.2) is 4.57 Å². The summed E-state index contributed by atoms with van der Waals surface area (Å²) in [5.74, 6) is 0. The largest absolute Gasteiger partial charge is 0.394 e. The Balaban J connectivity index is 2.44. The van der Waals surface area contributed by atoms with Crippen LogP contribution in [0.5, 0.6) is 0 Å². The van der Waals surface area contributed by atoms with Crippen molar-refractivity contribution >= 4 is 21.6 Å². The second kappa shape index (κ2) is 4.75. The number of hydrogen-bond acceptors (Lipinski definition) is 2. The van der Waals surface area contributed by atoms with E-state index in [9.17, 15) is 4.79 Å². The lowest BCUT2D eigenvalue weighted by Gasteiger charge is -2.10. The Morgan fingerprint density at radius 3 is 2.59 bits per heavy atom. The van der Waals surface area contributed by atoms with Crippen molar-refractivity contribution < 1.29 is 0 Å². The maximum absolute atomic E-state index is 12.0. The van der Waals surface area contributed by atoms with Gasteiger partial charge in [0.25, 0.3) is 5.56 Å². The molecule has 4 heteroatoms. The van der Waals surface area contributed by atoms with E-state index in [1.165, 1.54) is 0 Å². The van der Waals surface area contributed by atoms with Gasteiger partial charge in [0, 0.05) is 10.7 Å². The smallest absolute Gasteiger partial charge is 0.274 e. The van der Waals surface area contributed by atoms with Gasteiger partial charge in [0.1, 0.15) is 5.69 Å². The third-order valence-electron chi connectivity index (χ3n) is 2.72. The second-order valence-electron chi connectivity index (χ2n) is 3.93. The molecule has 2 aromatic rings. The van der Waals surface area contributed by atoms with Crippen molar-refractivity contribution in [1.82, 2.24) is 4.57 Å². The van der Waals surface area contributed by atoms with E-state index < -0.39 is 0 Å². The van der Waals surface area contributed by atoms with Gasteiger partial charge >= 0.3 is 0 Å². The summed E-state index contributed by atoms with van der Waals surface area (Å²) in [6.45, 7) is 2.36. The highest BCUT2D eigenvalue weighted by Gasteiger charge is 2.08. The van der Waals surface area contributed by atoms with Gasteiger partial charge in [-0.2, -0.15) is 0 Å². The van der Waals surface area contributed by atoms with Crippen molar-refractivity contribution in [2.45, 2.75) is 13.5 Å². The number of aromatic nitrogens is 1. The van der Waals surface area contributed by atoms with Crippen molar-refractivity contribution in [3.05, 3.63) is 62.5 Å². The van der Waals surface area contributed by atoms with Gasteiger partial charge in [0.15, 0.2) is 0 Å². The number of nitrogens with zero attached hydrogens (tertiary/aromatic N) is 1. The summed E-state index contributed by atoms with van der Waals surface area (Å²) in [4.78, 5) is 12.0. The molecule has 0 spiro atoms. The topological polar surface area (TPSA) is 48.0 Å². The highest BCUT2D eigenvalue weighted by Crippen LogP contribution is 2.18. The Kier molecular flexibility index (Phi) is 3.33. The Morgan fingerprint density at radius 2 is 1.94 bits per heavy atom. The summed E-state index contributed by atoms with van der Waals surface area (Å²) in [7, 11) is 0. The van der Waals surface area contributed by atoms with Crippen LogP contribution in [0.15, 0.2) is 45.8 Å². The minimum atomic E-state index is -0.144. The molecule has 0 radical (unpaired) electrons. The fourth-order valence-corrected chi connectivity index (χ4v) is 2.09. The van der Waals surface area contributed by atoms with Crippen molar-refractivity contribution in [3.8, 4) is 0 Å². The predicted octanol–water partition coefficient (Wildman–Crippen LogP) is 2.55. The molecule has 0 aliphatic rings. The number of nitrogen functional groups attached to an aromatic ring is 1. The van der Waals surface area contributed by atoms with Crippen LogP contribution in [0.1, 0.15) is 11.1 Å². The van der Waals surface area contributed by atoms with E-state index in [0.29, 0.717) is 12.2 Å². The molecular formula is C13H13BrN2O. The van der Waals surface area contributed by atoms with E-state index in [-0.39, 0.29) is 5.56 Å². The van der Waals surface area contributed by atoms with Crippen LogP contribution in [0.2, 0.25) is 0 Å². The van der Waals surface area contributed by atoms with Gasteiger partial charge < -0.3 is 10.3 Å². The number of nitrogens with two attached hydrogens (primary N) is 1. The zero-order chi connectivity index (χ0) is 12.4. The van der Waals surface area contributed by atoms with Gasteiger partial charge in [-0.05, 0) is 34.0 Å². The van der Waals surface area contributed by atoms with Crippen LogP contribution in [0.25, 0.3) is 0 Å².